The molecule has 6 nitrogen and oxygen atoms in total. The maximum atomic E-state index is 12.3. The molecule has 3 rings (SSSR count). The number of carbonyl (C=O) groups is 1. The lowest BCUT2D eigenvalue weighted by Crippen LogP contribution is -2.48. The van der Waals surface area contributed by atoms with Gasteiger partial charge in [0, 0.05) is 32.2 Å². The Balaban J connectivity index is 1.77. The van der Waals surface area contributed by atoms with E-state index in [0.29, 0.717) is 19.0 Å². The van der Waals surface area contributed by atoms with Crippen molar-refractivity contribution in [3.63, 3.8) is 0 Å². The van der Waals surface area contributed by atoms with Gasteiger partial charge < -0.3 is 14.5 Å². The molecule has 22 heavy (non-hydrogen) atoms. The number of benzene rings is 1. The number of piperazine rings is 1. The van der Waals surface area contributed by atoms with Crippen LogP contribution in [0.15, 0.2) is 36.4 Å². The Hall–Kier alpha value is -2.34. The molecule has 1 aliphatic heterocycles. The Kier molecular flexibility index (Phi) is 4.11. The molecular formula is C16H20N4O2. The number of likely N-dealkylation sites (N-methyl/N-ethyl adjacent to an activating group) is 1. The Morgan fingerprint density at radius 2 is 1.82 bits per heavy atom. The number of rotatable bonds is 2. The van der Waals surface area contributed by atoms with Crippen molar-refractivity contribution in [3.05, 3.63) is 42.1 Å². The number of aryl methyl sites for hydroxylation is 1. The number of carbonyl (C=O) groups excluding carboxylic acids is 1. The minimum Gasteiger partial charge on any atom is -0.391 e. The monoisotopic (exact) mass is 300 g/mol. The van der Waals surface area contributed by atoms with Gasteiger partial charge in [0.1, 0.15) is 0 Å². The average molecular weight is 300 g/mol. The second-order valence-corrected chi connectivity index (χ2v) is 5.53. The van der Waals surface area contributed by atoms with E-state index < -0.39 is 0 Å². The standard InChI is InChI=1S/C16H20N4O2/c1-13-12-15(20(17-13)14-6-4-3-5-7-14)22-16(21)19-10-8-18(2)9-11-19/h3-7,12H,8-11H2,1-2H3. The molecule has 2 heterocycles. The smallest absolute Gasteiger partial charge is 0.391 e. The highest BCUT2D eigenvalue weighted by molar-refractivity contribution is 5.70. The van der Waals surface area contributed by atoms with Gasteiger partial charge in [-0.05, 0) is 26.1 Å². The molecule has 2 aromatic rings. The van der Waals surface area contributed by atoms with Crippen LogP contribution >= 0.6 is 0 Å². The van der Waals surface area contributed by atoms with Gasteiger partial charge in [0.15, 0.2) is 0 Å². The quantitative estimate of drug-likeness (QED) is 0.850. The number of hydrogen-bond donors (Lipinski definition) is 0. The van der Waals surface area contributed by atoms with Gasteiger partial charge in [0.2, 0.25) is 5.88 Å². The molecule has 1 saturated heterocycles. The Bertz CT molecular complexity index is 645. The number of hydrogen-bond acceptors (Lipinski definition) is 4. The zero-order chi connectivity index (χ0) is 15.5. The summed E-state index contributed by atoms with van der Waals surface area (Å²) in [5, 5.41) is 4.40. The average Bonchev–Trinajstić information content (AvgIpc) is 2.89. The van der Waals surface area contributed by atoms with Crippen molar-refractivity contribution in [2.24, 2.45) is 0 Å². The van der Waals surface area contributed by atoms with E-state index in [0.717, 1.165) is 24.5 Å². The lowest BCUT2D eigenvalue weighted by atomic mass is 10.3. The number of aromatic nitrogens is 2. The first-order valence-corrected chi connectivity index (χ1v) is 7.41. The largest absolute Gasteiger partial charge is 0.416 e. The highest BCUT2D eigenvalue weighted by Crippen LogP contribution is 2.20. The van der Waals surface area contributed by atoms with Crippen molar-refractivity contribution in [2.75, 3.05) is 33.2 Å². The van der Waals surface area contributed by atoms with E-state index in [9.17, 15) is 4.79 Å². The molecule has 0 radical (unpaired) electrons. The molecule has 1 amide bonds. The first-order valence-electron chi connectivity index (χ1n) is 7.41. The van der Waals surface area contributed by atoms with E-state index in [1.165, 1.54) is 0 Å². The van der Waals surface area contributed by atoms with Gasteiger partial charge in [-0.25, -0.2) is 9.48 Å². The van der Waals surface area contributed by atoms with Gasteiger partial charge in [0.25, 0.3) is 0 Å². The van der Waals surface area contributed by atoms with Crippen LogP contribution in [0.25, 0.3) is 5.69 Å². The van der Waals surface area contributed by atoms with Gasteiger partial charge in [-0.3, -0.25) is 0 Å². The highest BCUT2D eigenvalue weighted by Gasteiger charge is 2.22. The number of amides is 1. The fourth-order valence-electron chi connectivity index (χ4n) is 2.45. The molecule has 1 aromatic carbocycles. The first kappa shape index (κ1) is 14.6. The van der Waals surface area contributed by atoms with E-state index in [4.69, 9.17) is 4.74 Å². The highest BCUT2D eigenvalue weighted by atomic mass is 16.6. The Morgan fingerprint density at radius 3 is 2.50 bits per heavy atom. The second kappa shape index (κ2) is 6.19. The van der Waals surface area contributed by atoms with Crippen LogP contribution in [0.5, 0.6) is 5.88 Å². The van der Waals surface area contributed by atoms with Crippen molar-refractivity contribution in [1.82, 2.24) is 19.6 Å². The van der Waals surface area contributed by atoms with Gasteiger partial charge in [-0.15, -0.1) is 0 Å². The minimum atomic E-state index is -0.315. The topological polar surface area (TPSA) is 50.6 Å². The maximum absolute atomic E-state index is 12.3. The van der Waals surface area contributed by atoms with Crippen molar-refractivity contribution >= 4 is 6.09 Å². The van der Waals surface area contributed by atoms with Crippen LogP contribution in [0.3, 0.4) is 0 Å². The normalized spacial score (nSPS) is 15.8. The third kappa shape index (κ3) is 3.12. The molecule has 0 aliphatic carbocycles. The van der Waals surface area contributed by atoms with E-state index >= 15 is 0 Å². The summed E-state index contributed by atoms with van der Waals surface area (Å²) >= 11 is 0. The fraction of sp³-hybridized carbons (Fsp3) is 0.375. The van der Waals surface area contributed by atoms with Crippen LogP contribution in [0, 0.1) is 6.92 Å². The summed E-state index contributed by atoms with van der Waals surface area (Å²) in [6.45, 7) is 4.99. The summed E-state index contributed by atoms with van der Waals surface area (Å²) in [5.41, 5.74) is 1.68. The SMILES string of the molecule is Cc1cc(OC(=O)N2CCN(C)CC2)n(-c2ccccc2)n1. The third-order valence-electron chi connectivity index (χ3n) is 3.75. The molecule has 1 fully saturated rings. The van der Waals surface area contributed by atoms with E-state index in [2.05, 4.69) is 17.0 Å². The third-order valence-corrected chi connectivity index (χ3v) is 3.75. The maximum Gasteiger partial charge on any atom is 0.416 e. The van der Waals surface area contributed by atoms with Crippen molar-refractivity contribution in [3.8, 4) is 11.6 Å². The molecule has 116 valence electrons. The van der Waals surface area contributed by atoms with Crippen molar-refractivity contribution in [1.29, 1.82) is 0 Å². The lowest BCUT2D eigenvalue weighted by molar-refractivity contribution is 0.118. The van der Waals surface area contributed by atoms with Gasteiger partial charge in [0.05, 0.1) is 11.4 Å². The predicted octanol–water partition coefficient (Wildman–Crippen LogP) is 1.93. The van der Waals surface area contributed by atoms with Crippen molar-refractivity contribution < 1.29 is 9.53 Å². The summed E-state index contributed by atoms with van der Waals surface area (Å²) in [7, 11) is 2.05. The molecule has 0 atom stereocenters. The first-order chi connectivity index (χ1) is 10.6. The van der Waals surface area contributed by atoms with Crippen LogP contribution in [-0.4, -0.2) is 58.9 Å². The number of nitrogens with zero attached hydrogens (tertiary/aromatic N) is 4. The summed E-state index contributed by atoms with van der Waals surface area (Å²) in [4.78, 5) is 16.2. The predicted molar refractivity (Wildman–Crippen MR) is 83.4 cm³/mol. The zero-order valence-corrected chi connectivity index (χ0v) is 12.9. The van der Waals surface area contributed by atoms with Gasteiger partial charge in [-0.1, -0.05) is 18.2 Å². The van der Waals surface area contributed by atoms with Gasteiger partial charge >= 0.3 is 6.09 Å². The minimum absolute atomic E-state index is 0.315. The summed E-state index contributed by atoms with van der Waals surface area (Å²) in [6, 6.07) is 11.4. The van der Waals surface area contributed by atoms with E-state index in [1.807, 2.05) is 37.3 Å². The number of para-hydroxylation sites is 1. The van der Waals surface area contributed by atoms with Crippen LogP contribution in [0.2, 0.25) is 0 Å². The van der Waals surface area contributed by atoms with Crippen LogP contribution < -0.4 is 4.74 Å². The molecular weight excluding hydrogens is 280 g/mol. The van der Waals surface area contributed by atoms with E-state index in [-0.39, 0.29) is 6.09 Å². The zero-order valence-electron chi connectivity index (χ0n) is 12.9. The summed E-state index contributed by atoms with van der Waals surface area (Å²) < 4.78 is 7.22. The van der Waals surface area contributed by atoms with Gasteiger partial charge in [-0.2, -0.15) is 5.10 Å². The molecule has 0 bridgehead atoms. The molecule has 1 aromatic heterocycles. The summed E-state index contributed by atoms with van der Waals surface area (Å²) in [6.07, 6.45) is -0.315. The molecule has 0 unspecified atom stereocenters. The van der Waals surface area contributed by atoms with Crippen LogP contribution in [-0.2, 0) is 0 Å². The fourth-order valence-corrected chi connectivity index (χ4v) is 2.45. The molecule has 1 aliphatic rings. The summed E-state index contributed by atoms with van der Waals surface area (Å²) in [5.74, 6) is 0.452. The van der Waals surface area contributed by atoms with Crippen molar-refractivity contribution in [2.45, 2.75) is 6.92 Å². The Labute approximate surface area is 129 Å². The van der Waals surface area contributed by atoms with Crippen LogP contribution in [0.4, 0.5) is 4.79 Å². The second-order valence-electron chi connectivity index (χ2n) is 5.53. The Morgan fingerprint density at radius 1 is 1.14 bits per heavy atom. The lowest BCUT2D eigenvalue weighted by Gasteiger charge is -2.31. The molecule has 0 N–H and O–H groups in total. The molecule has 0 spiro atoms. The van der Waals surface area contributed by atoms with E-state index in [1.54, 1.807) is 15.6 Å². The number of ether oxygens (including phenoxy) is 1. The van der Waals surface area contributed by atoms with Crippen LogP contribution in [0.1, 0.15) is 5.69 Å². The molecule has 0 saturated carbocycles. The molecule has 6 heteroatoms.